The molecule has 1 amide bonds. The van der Waals surface area contributed by atoms with E-state index >= 15 is 0 Å². The second-order valence-corrected chi connectivity index (χ2v) is 5.19. The van der Waals surface area contributed by atoms with Crippen LogP contribution in [0.3, 0.4) is 0 Å². The Morgan fingerprint density at radius 3 is 2.67 bits per heavy atom. The van der Waals surface area contributed by atoms with Crippen molar-refractivity contribution in [2.75, 3.05) is 18.0 Å². The molecule has 1 aliphatic heterocycles. The highest BCUT2D eigenvalue weighted by Gasteiger charge is 2.23. The molecule has 0 aliphatic carbocycles. The van der Waals surface area contributed by atoms with Crippen LogP contribution in [-0.2, 0) is 0 Å². The Morgan fingerprint density at radius 2 is 2.05 bits per heavy atom. The topological polar surface area (TPSA) is 86.8 Å². The lowest BCUT2D eigenvalue weighted by Crippen LogP contribution is -2.45. The molecule has 0 unspecified atom stereocenters. The number of piperidine rings is 1. The van der Waals surface area contributed by atoms with Gasteiger partial charge in [-0.2, -0.15) is 5.10 Å². The van der Waals surface area contributed by atoms with Crippen LogP contribution in [0, 0.1) is 6.92 Å². The van der Waals surface area contributed by atoms with Gasteiger partial charge in [0, 0.05) is 37.2 Å². The number of hydrogen-bond acceptors (Lipinski definition) is 5. The van der Waals surface area contributed by atoms with Gasteiger partial charge in [-0.15, -0.1) is 0 Å². The monoisotopic (exact) mass is 286 g/mol. The lowest BCUT2D eigenvalue weighted by molar-refractivity contribution is 0.0930. The number of nitrogens with one attached hydrogen (secondary N) is 2. The first-order valence-electron chi connectivity index (χ1n) is 7.07. The summed E-state index contributed by atoms with van der Waals surface area (Å²) in [6.45, 7) is 3.54. The first-order valence-corrected chi connectivity index (χ1v) is 7.07. The van der Waals surface area contributed by atoms with Gasteiger partial charge in [0.05, 0.1) is 11.8 Å². The molecule has 110 valence electrons. The third kappa shape index (κ3) is 3.01. The van der Waals surface area contributed by atoms with Crippen LogP contribution in [0.4, 0.5) is 5.95 Å². The minimum Gasteiger partial charge on any atom is -0.349 e. The van der Waals surface area contributed by atoms with Crippen molar-refractivity contribution in [2.24, 2.45) is 0 Å². The summed E-state index contributed by atoms with van der Waals surface area (Å²) in [6.07, 6.45) is 6.84. The fourth-order valence-corrected chi connectivity index (χ4v) is 2.52. The van der Waals surface area contributed by atoms with Crippen LogP contribution in [0.5, 0.6) is 0 Å². The number of rotatable bonds is 3. The van der Waals surface area contributed by atoms with E-state index in [0.29, 0.717) is 5.56 Å². The summed E-state index contributed by atoms with van der Waals surface area (Å²) in [7, 11) is 0. The maximum absolute atomic E-state index is 12.1. The fourth-order valence-electron chi connectivity index (χ4n) is 2.52. The zero-order valence-corrected chi connectivity index (χ0v) is 11.9. The molecule has 0 aromatic carbocycles. The van der Waals surface area contributed by atoms with Crippen molar-refractivity contribution in [3.8, 4) is 0 Å². The summed E-state index contributed by atoms with van der Waals surface area (Å²) >= 11 is 0. The maximum Gasteiger partial charge on any atom is 0.254 e. The van der Waals surface area contributed by atoms with E-state index < -0.39 is 0 Å². The quantitative estimate of drug-likeness (QED) is 0.875. The van der Waals surface area contributed by atoms with Crippen LogP contribution in [-0.4, -0.2) is 45.2 Å². The number of carbonyl (C=O) groups is 1. The molecule has 2 aromatic rings. The largest absolute Gasteiger partial charge is 0.349 e. The molecule has 0 radical (unpaired) electrons. The number of carbonyl (C=O) groups excluding carboxylic acids is 1. The van der Waals surface area contributed by atoms with Crippen LogP contribution in [0.25, 0.3) is 0 Å². The third-order valence-electron chi connectivity index (χ3n) is 3.74. The molecule has 0 atom stereocenters. The summed E-state index contributed by atoms with van der Waals surface area (Å²) in [5.74, 6) is 0.698. The Bertz CT molecular complexity index is 603. The van der Waals surface area contributed by atoms with Crippen molar-refractivity contribution in [3.63, 3.8) is 0 Å². The predicted molar refractivity (Wildman–Crippen MR) is 78.1 cm³/mol. The minimum absolute atomic E-state index is 0.0596. The lowest BCUT2D eigenvalue weighted by Gasteiger charge is -2.32. The molecule has 2 N–H and O–H groups in total. The second kappa shape index (κ2) is 5.90. The van der Waals surface area contributed by atoms with Crippen LogP contribution in [0.2, 0.25) is 0 Å². The summed E-state index contributed by atoms with van der Waals surface area (Å²) in [4.78, 5) is 22.8. The number of aromatic nitrogens is 4. The minimum atomic E-state index is -0.0596. The van der Waals surface area contributed by atoms with Crippen LogP contribution in [0.15, 0.2) is 24.7 Å². The molecule has 1 saturated heterocycles. The van der Waals surface area contributed by atoms with E-state index in [2.05, 4.69) is 30.4 Å². The summed E-state index contributed by atoms with van der Waals surface area (Å²) in [6, 6.07) is 2.00. The van der Waals surface area contributed by atoms with Gasteiger partial charge in [-0.3, -0.25) is 9.89 Å². The van der Waals surface area contributed by atoms with Crippen molar-refractivity contribution in [3.05, 3.63) is 35.9 Å². The smallest absolute Gasteiger partial charge is 0.254 e. The van der Waals surface area contributed by atoms with E-state index in [0.717, 1.165) is 37.6 Å². The van der Waals surface area contributed by atoms with Gasteiger partial charge in [-0.25, -0.2) is 9.97 Å². The number of H-pyrrole nitrogens is 1. The second-order valence-electron chi connectivity index (χ2n) is 5.19. The van der Waals surface area contributed by atoms with Gasteiger partial charge in [-0.05, 0) is 25.8 Å². The highest BCUT2D eigenvalue weighted by atomic mass is 16.1. The van der Waals surface area contributed by atoms with E-state index in [1.54, 1.807) is 18.6 Å². The SMILES string of the molecule is Cc1[nH]ncc1C(=O)NC1CCN(c2ncccn2)CC1. The number of aromatic amines is 1. The van der Waals surface area contributed by atoms with Gasteiger partial charge in [-0.1, -0.05) is 0 Å². The van der Waals surface area contributed by atoms with Gasteiger partial charge in [0.25, 0.3) is 5.91 Å². The summed E-state index contributed by atoms with van der Waals surface area (Å²) < 4.78 is 0. The highest BCUT2D eigenvalue weighted by Crippen LogP contribution is 2.16. The van der Waals surface area contributed by atoms with Crippen molar-refractivity contribution in [1.29, 1.82) is 0 Å². The average Bonchev–Trinajstić information content (AvgIpc) is 2.95. The Labute approximate surface area is 122 Å². The van der Waals surface area contributed by atoms with Crippen molar-refractivity contribution in [1.82, 2.24) is 25.5 Å². The molecule has 1 aliphatic rings. The first-order chi connectivity index (χ1) is 10.2. The number of hydrogen-bond donors (Lipinski definition) is 2. The Hall–Kier alpha value is -2.44. The molecule has 0 bridgehead atoms. The van der Waals surface area contributed by atoms with Crippen LogP contribution in [0.1, 0.15) is 28.9 Å². The van der Waals surface area contributed by atoms with E-state index in [9.17, 15) is 4.79 Å². The van der Waals surface area contributed by atoms with Gasteiger partial charge in [0.2, 0.25) is 5.95 Å². The normalized spacial score (nSPS) is 16.0. The average molecular weight is 286 g/mol. The molecule has 21 heavy (non-hydrogen) atoms. The lowest BCUT2D eigenvalue weighted by atomic mass is 10.0. The Balaban J connectivity index is 1.55. The molecule has 7 nitrogen and oxygen atoms in total. The number of anilines is 1. The van der Waals surface area contributed by atoms with Gasteiger partial charge < -0.3 is 10.2 Å². The number of nitrogens with zero attached hydrogens (tertiary/aromatic N) is 4. The highest BCUT2D eigenvalue weighted by molar-refractivity contribution is 5.95. The molecule has 3 rings (SSSR count). The van der Waals surface area contributed by atoms with Gasteiger partial charge >= 0.3 is 0 Å². The van der Waals surface area contributed by atoms with Gasteiger partial charge in [0.15, 0.2) is 0 Å². The predicted octanol–water partition coefficient (Wildman–Crippen LogP) is 0.907. The van der Waals surface area contributed by atoms with Crippen LogP contribution >= 0.6 is 0 Å². The molecule has 7 heteroatoms. The molecular weight excluding hydrogens is 268 g/mol. The van der Waals surface area contributed by atoms with E-state index in [4.69, 9.17) is 0 Å². The zero-order chi connectivity index (χ0) is 14.7. The van der Waals surface area contributed by atoms with Crippen molar-refractivity contribution < 1.29 is 4.79 Å². The molecule has 0 spiro atoms. The zero-order valence-electron chi connectivity index (χ0n) is 11.9. The van der Waals surface area contributed by atoms with Crippen LogP contribution < -0.4 is 10.2 Å². The molecule has 2 aromatic heterocycles. The number of aryl methyl sites for hydroxylation is 1. The Kier molecular flexibility index (Phi) is 3.81. The van der Waals surface area contributed by atoms with E-state index in [-0.39, 0.29) is 11.9 Å². The molecular formula is C14H18N6O. The van der Waals surface area contributed by atoms with E-state index in [1.807, 2.05) is 13.0 Å². The standard InChI is InChI=1S/C14H18N6O/c1-10-12(9-17-19-10)13(21)18-11-3-7-20(8-4-11)14-15-5-2-6-16-14/h2,5-6,9,11H,3-4,7-8H2,1H3,(H,17,19)(H,18,21). The van der Waals surface area contributed by atoms with Crippen molar-refractivity contribution in [2.45, 2.75) is 25.8 Å². The summed E-state index contributed by atoms with van der Waals surface area (Å²) in [5, 5.41) is 9.72. The third-order valence-corrected chi connectivity index (χ3v) is 3.74. The van der Waals surface area contributed by atoms with Gasteiger partial charge in [0.1, 0.15) is 0 Å². The Morgan fingerprint density at radius 1 is 1.33 bits per heavy atom. The van der Waals surface area contributed by atoms with Crippen molar-refractivity contribution >= 4 is 11.9 Å². The first kappa shape index (κ1) is 13.5. The molecule has 3 heterocycles. The summed E-state index contributed by atoms with van der Waals surface area (Å²) in [5.41, 5.74) is 1.41. The fraction of sp³-hybridized carbons (Fsp3) is 0.429. The molecule has 0 saturated carbocycles. The van der Waals surface area contributed by atoms with E-state index in [1.165, 1.54) is 0 Å². The number of amides is 1. The molecule has 1 fully saturated rings. The maximum atomic E-state index is 12.1.